The van der Waals surface area contributed by atoms with E-state index >= 15 is 0 Å². The lowest BCUT2D eigenvalue weighted by atomic mass is 9.91. The summed E-state index contributed by atoms with van der Waals surface area (Å²) in [6.45, 7) is 0.784. The Balaban J connectivity index is 2.06. The van der Waals surface area contributed by atoms with Crippen LogP contribution in [0.25, 0.3) is 0 Å². The van der Waals surface area contributed by atoms with Gasteiger partial charge in [-0.05, 0) is 31.2 Å². The first kappa shape index (κ1) is 16.3. The second-order valence-electron chi connectivity index (χ2n) is 5.52. The zero-order valence-corrected chi connectivity index (χ0v) is 12.6. The number of aliphatic hydroxyl groups is 1. The molecule has 4 nitrogen and oxygen atoms in total. The van der Waals surface area contributed by atoms with Gasteiger partial charge in [0.25, 0.3) is 0 Å². The van der Waals surface area contributed by atoms with Crippen molar-refractivity contribution >= 4 is 10.0 Å². The van der Waals surface area contributed by atoms with Crippen LogP contribution in [0.5, 0.6) is 0 Å². The van der Waals surface area contributed by atoms with Gasteiger partial charge in [0, 0.05) is 18.7 Å². The van der Waals surface area contributed by atoms with E-state index in [4.69, 9.17) is 0 Å². The lowest BCUT2D eigenvalue weighted by Gasteiger charge is -2.32. The molecule has 1 aliphatic rings. The predicted molar refractivity (Wildman–Crippen MR) is 75.1 cm³/mol. The zero-order chi connectivity index (χ0) is 15.6. The van der Waals surface area contributed by atoms with Gasteiger partial charge in [0.05, 0.1) is 12.4 Å². The van der Waals surface area contributed by atoms with E-state index in [1.54, 1.807) is 0 Å². The number of halogens is 2. The van der Waals surface area contributed by atoms with Gasteiger partial charge in [-0.3, -0.25) is 0 Å². The van der Waals surface area contributed by atoms with Gasteiger partial charge in [0.2, 0.25) is 10.0 Å². The van der Waals surface area contributed by atoms with E-state index in [0.29, 0.717) is 19.5 Å². The number of hydrogen-bond donors (Lipinski definition) is 1. The van der Waals surface area contributed by atoms with Crippen LogP contribution in [0.3, 0.4) is 0 Å². The van der Waals surface area contributed by atoms with E-state index in [1.165, 1.54) is 16.4 Å². The standard InChI is InChI=1S/C14H19F2NO3S/c1-21(19,20)17-7-3-4-10(9-17)8-13(18)11-5-2-6-12(15)14(11)16/h2,5-6,10,13,18H,3-4,7-9H2,1H3. The molecule has 0 amide bonds. The van der Waals surface area contributed by atoms with Gasteiger partial charge in [0.15, 0.2) is 11.6 Å². The third-order valence-electron chi connectivity index (χ3n) is 3.85. The quantitative estimate of drug-likeness (QED) is 0.924. The first-order valence-corrected chi connectivity index (χ1v) is 8.71. The minimum Gasteiger partial charge on any atom is -0.388 e. The zero-order valence-electron chi connectivity index (χ0n) is 11.8. The molecule has 0 saturated carbocycles. The Bertz CT molecular complexity index is 606. The summed E-state index contributed by atoms with van der Waals surface area (Å²) in [5.74, 6) is -2.10. The first-order valence-electron chi connectivity index (χ1n) is 6.86. The predicted octanol–water partition coefficient (Wildman–Crippen LogP) is 2.06. The molecule has 21 heavy (non-hydrogen) atoms. The molecular formula is C14H19F2NO3S. The van der Waals surface area contributed by atoms with E-state index in [1.807, 2.05) is 0 Å². The minimum atomic E-state index is -3.26. The molecule has 1 aromatic rings. The maximum atomic E-state index is 13.6. The number of aliphatic hydroxyl groups excluding tert-OH is 1. The average Bonchev–Trinajstić information content (AvgIpc) is 2.41. The number of rotatable bonds is 4. The topological polar surface area (TPSA) is 57.6 Å². The van der Waals surface area contributed by atoms with Crippen molar-refractivity contribution in [3.8, 4) is 0 Å². The van der Waals surface area contributed by atoms with Crippen molar-refractivity contribution in [1.29, 1.82) is 0 Å². The molecule has 1 saturated heterocycles. The molecule has 1 aliphatic heterocycles. The number of nitrogens with zero attached hydrogens (tertiary/aromatic N) is 1. The SMILES string of the molecule is CS(=O)(=O)N1CCCC(CC(O)c2cccc(F)c2F)C1. The average molecular weight is 319 g/mol. The molecule has 1 aromatic carbocycles. The third kappa shape index (κ3) is 3.99. The molecule has 2 unspecified atom stereocenters. The second-order valence-corrected chi connectivity index (χ2v) is 7.51. The lowest BCUT2D eigenvalue weighted by molar-refractivity contribution is 0.119. The largest absolute Gasteiger partial charge is 0.388 e. The van der Waals surface area contributed by atoms with Crippen molar-refractivity contribution in [2.24, 2.45) is 5.92 Å². The first-order chi connectivity index (χ1) is 9.79. The van der Waals surface area contributed by atoms with Gasteiger partial charge in [0.1, 0.15) is 0 Å². The molecule has 2 atom stereocenters. The molecule has 7 heteroatoms. The van der Waals surface area contributed by atoms with E-state index in [2.05, 4.69) is 0 Å². The monoisotopic (exact) mass is 319 g/mol. The van der Waals surface area contributed by atoms with Crippen molar-refractivity contribution in [2.45, 2.75) is 25.4 Å². The molecule has 1 heterocycles. The molecule has 1 fully saturated rings. The molecule has 0 bridgehead atoms. The summed E-state index contributed by atoms with van der Waals surface area (Å²) < 4.78 is 51.2. The Morgan fingerprint density at radius 1 is 1.43 bits per heavy atom. The Morgan fingerprint density at radius 3 is 2.81 bits per heavy atom. The Morgan fingerprint density at radius 2 is 2.14 bits per heavy atom. The number of piperidine rings is 1. The van der Waals surface area contributed by atoms with Crippen molar-refractivity contribution in [2.75, 3.05) is 19.3 Å². The highest BCUT2D eigenvalue weighted by molar-refractivity contribution is 7.88. The van der Waals surface area contributed by atoms with Crippen LogP contribution in [0.1, 0.15) is 30.9 Å². The summed E-state index contributed by atoms with van der Waals surface area (Å²) in [5.41, 5.74) is -0.0773. The van der Waals surface area contributed by atoms with Gasteiger partial charge < -0.3 is 5.11 Å². The number of sulfonamides is 1. The minimum absolute atomic E-state index is 0.0638. The summed E-state index contributed by atoms with van der Waals surface area (Å²) in [5, 5.41) is 10.1. The van der Waals surface area contributed by atoms with Crippen molar-refractivity contribution in [3.63, 3.8) is 0 Å². The maximum absolute atomic E-state index is 13.6. The van der Waals surface area contributed by atoms with Crippen LogP contribution in [0.4, 0.5) is 8.78 Å². The van der Waals surface area contributed by atoms with E-state index < -0.39 is 27.8 Å². The van der Waals surface area contributed by atoms with Crippen LogP contribution in [0.2, 0.25) is 0 Å². The van der Waals surface area contributed by atoms with Gasteiger partial charge in [-0.2, -0.15) is 0 Å². The molecule has 0 radical (unpaired) electrons. The fourth-order valence-corrected chi connectivity index (χ4v) is 3.68. The summed E-state index contributed by atoms with van der Waals surface area (Å²) in [7, 11) is -3.26. The van der Waals surface area contributed by atoms with E-state index in [-0.39, 0.29) is 17.9 Å². The molecule has 118 valence electrons. The maximum Gasteiger partial charge on any atom is 0.211 e. The normalized spacial score (nSPS) is 22.2. The van der Waals surface area contributed by atoms with Gasteiger partial charge in [-0.25, -0.2) is 21.5 Å². The Kier molecular flexibility index (Phi) is 4.95. The molecular weight excluding hydrogens is 300 g/mol. The van der Waals surface area contributed by atoms with Crippen molar-refractivity contribution < 1.29 is 22.3 Å². The number of hydrogen-bond acceptors (Lipinski definition) is 3. The highest BCUT2D eigenvalue weighted by Gasteiger charge is 2.28. The van der Waals surface area contributed by atoms with Crippen LogP contribution in [0, 0.1) is 17.6 Å². The molecule has 0 spiro atoms. The molecule has 0 aliphatic carbocycles. The fourth-order valence-electron chi connectivity index (χ4n) is 2.74. The van der Waals surface area contributed by atoms with E-state index in [9.17, 15) is 22.3 Å². The van der Waals surface area contributed by atoms with Gasteiger partial charge in [-0.1, -0.05) is 12.1 Å². The van der Waals surface area contributed by atoms with Crippen LogP contribution in [-0.4, -0.2) is 37.2 Å². The summed E-state index contributed by atoms with van der Waals surface area (Å²) in [6, 6.07) is 3.69. The van der Waals surface area contributed by atoms with Gasteiger partial charge in [-0.15, -0.1) is 0 Å². The Hall–Kier alpha value is -1.05. The van der Waals surface area contributed by atoms with Crippen LogP contribution < -0.4 is 0 Å². The smallest absolute Gasteiger partial charge is 0.211 e. The summed E-state index contributed by atoms with van der Waals surface area (Å²) >= 11 is 0. The van der Waals surface area contributed by atoms with Crippen LogP contribution >= 0.6 is 0 Å². The second kappa shape index (κ2) is 6.37. The molecule has 2 rings (SSSR count). The van der Waals surface area contributed by atoms with Crippen LogP contribution in [0.15, 0.2) is 18.2 Å². The highest BCUT2D eigenvalue weighted by atomic mass is 32.2. The third-order valence-corrected chi connectivity index (χ3v) is 5.12. The summed E-state index contributed by atoms with van der Waals surface area (Å²) in [6.07, 6.45) is 1.70. The van der Waals surface area contributed by atoms with E-state index in [0.717, 1.165) is 18.7 Å². The van der Waals surface area contributed by atoms with Crippen molar-refractivity contribution in [1.82, 2.24) is 4.31 Å². The number of benzene rings is 1. The molecule has 1 N–H and O–H groups in total. The van der Waals surface area contributed by atoms with Crippen molar-refractivity contribution in [3.05, 3.63) is 35.4 Å². The Labute approximate surface area is 123 Å². The van der Waals surface area contributed by atoms with Crippen LogP contribution in [-0.2, 0) is 10.0 Å². The van der Waals surface area contributed by atoms with Gasteiger partial charge >= 0.3 is 0 Å². The summed E-state index contributed by atoms with van der Waals surface area (Å²) in [4.78, 5) is 0. The fraction of sp³-hybridized carbons (Fsp3) is 0.571. The highest BCUT2D eigenvalue weighted by Crippen LogP contribution is 2.30. The lowest BCUT2D eigenvalue weighted by Crippen LogP contribution is -2.39. The molecule has 0 aromatic heterocycles.